The monoisotopic (exact) mass is 886 g/mol. The van der Waals surface area contributed by atoms with Crippen molar-refractivity contribution in [2.45, 2.75) is 69.7 Å². The zero-order valence-electron chi connectivity index (χ0n) is 35.6. The van der Waals surface area contributed by atoms with E-state index in [1.54, 1.807) is 22.7 Å². The largest absolute Gasteiger partial charge is 0.453 e. The Morgan fingerprint density at radius 2 is 1.44 bits per heavy atom. The minimum absolute atomic E-state index is 0.00599. The third-order valence-corrected chi connectivity index (χ3v) is 14.6. The summed E-state index contributed by atoms with van der Waals surface area (Å²) in [4.78, 5) is 69.1. The number of aromatic nitrogens is 2. The molecule has 0 bridgehead atoms. The molecule has 3 aromatic carbocycles. The Hall–Kier alpha value is -6.26. The fraction of sp³-hybridized carbons (Fsp3) is 0.362. The second-order valence-electron chi connectivity index (χ2n) is 16.6. The molecule has 3 aliphatic rings. The van der Waals surface area contributed by atoms with Crippen LogP contribution in [-0.2, 0) is 19.1 Å². The van der Waals surface area contributed by atoms with Gasteiger partial charge >= 0.3 is 12.2 Å². The Balaban J connectivity index is 0.875. The van der Waals surface area contributed by atoms with Gasteiger partial charge < -0.3 is 40.2 Å². The molecule has 0 spiro atoms. The lowest BCUT2D eigenvalue weighted by molar-refractivity contribution is -0.135. The molecule has 6 aromatic rings. The zero-order valence-corrected chi connectivity index (χ0v) is 37.2. The topological polar surface area (TPSA) is 170 Å². The summed E-state index contributed by atoms with van der Waals surface area (Å²) < 4.78 is 12.1. The highest BCUT2D eigenvalue weighted by Gasteiger charge is 2.40. The lowest BCUT2D eigenvalue weighted by Crippen LogP contribution is -2.51. The molecule has 0 saturated carbocycles. The number of rotatable bonds is 11. The predicted molar refractivity (Wildman–Crippen MR) is 246 cm³/mol. The van der Waals surface area contributed by atoms with Gasteiger partial charge in [0.15, 0.2) is 0 Å². The highest BCUT2D eigenvalue weighted by Crippen LogP contribution is 2.43. The van der Waals surface area contributed by atoms with E-state index in [0.29, 0.717) is 25.2 Å². The maximum atomic E-state index is 14.0. The minimum Gasteiger partial charge on any atom is -0.453 e. The Morgan fingerprint density at radius 1 is 0.778 bits per heavy atom. The van der Waals surface area contributed by atoms with Crippen LogP contribution in [0.2, 0.25) is 0 Å². The van der Waals surface area contributed by atoms with Crippen molar-refractivity contribution in [3.05, 3.63) is 101 Å². The first-order chi connectivity index (χ1) is 30.6. The lowest BCUT2D eigenvalue weighted by Gasteiger charge is -2.29. The number of methoxy groups -OCH3 is 2. The molecule has 0 aliphatic carbocycles. The van der Waals surface area contributed by atoms with E-state index in [1.165, 1.54) is 34.7 Å². The van der Waals surface area contributed by atoms with Crippen LogP contribution in [0.3, 0.4) is 0 Å². The smallest absolute Gasteiger partial charge is 0.407 e. The predicted octanol–water partition coefficient (Wildman–Crippen LogP) is 8.35. The number of H-pyrrole nitrogens is 1. The van der Waals surface area contributed by atoms with Crippen molar-refractivity contribution in [2.24, 2.45) is 10.9 Å². The van der Waals surface area contributed by atoms with Gasteiger partial charge in [-0.1, -0.05) is 74.5 Å². The van der Waals surface area contributed by atoms with Gasteiger partial charge in [0, 0.05) is 29.6 Å². The molecule has 4 N–H and O–H groups in total. The maximum Gasteiger partial charge on any atom is 0.407 e. The van der Waals surface area contributed by atoms with Crippen LogP contribution in [0, 0.1) is 5.92 Å². The fourth-order valence-electron chi connectivity index (χ4n) is 9.10. The van der Waals surface area contributed by atoms with Crippen LogP contribution in [0.5, 0.6) is 0 Å². The number of imidazole rings is 1. The summed E-state index contributed by atoms with van der Waals surface area (Å²) in [5, 5.41) is 13.6. The third kappa shape index (κ3) is 8.24. The molecule has 2 saturated heterocycles. The minimum atomic E-state index is -0.864. The first-order valence-electron chi connectivity index (χ1n) is 21.4. The molecule has 5 atom stereocenters. The quantitative estimate of drug-likeness (QED) is 0.101. The van der Waals surface area contributed by atoms with Crippen LogP contribution in [0.25, 0.3) is 42.7 Å². The van der Waals surface area contributed by atoms with E-state index >= 15 is 0 Å². The van der Waals surface area contributed by atoms with Crippen molar-refractivity contribution in [1.82, 2.24) is 35.7 Å². The number of alkyl carbamates (subject to hydrolysis) is 2. The number of hydrogen-bond donors (Lipinski definition) is 4. The number of nitrogens with zero attached hydrogens (tertiary/aromatic N) is 4. The van der Waals surface area contributed by atoms with Crippen molar-refractivity contribution in [2.75, 3.05) is 33.9 Å². The number of hydrogen-bond acceptors (Lipinski definition) is 11. The molecule has 2 fully saturated rings. The molecule has 4 amide bonds. The van der Waals surface area contributed by atoms with Crippen molar-refractivity contribution in [3.8, 4) is 22.3 Å². The summed E-state index contributed by atoms with van der Waals surface area (Å²) in [7, 11) is 2.59. The van der Waals surface area contributed by atoms with E-state index in [9.17, 15) is 19.2 Å². The number of amides is 4. The average Bonchev–Trinajstić information content (AvgIpc) is 4.17. The highest BCUT2D eigenvalue weighted by molar-refractivity contribution is 7.27. The van der Waals surface area contributed by atoms with Gasteiger partial charge in [0.2, 0.25) is 5.91 Å². The molecule has 0 radical (unpaired) electrons. The van der Waals surface area contributed by atoms with Gasteiger partial charge in [-0.3, -0.25) is 14.6 Å². The van der Waals surface area contributed by atoms with Crippen molar-refractivity contribution >= 4 is 72.9 Å². The summed E-state index contributed by atoms with van der Waals surface area (Å²) in [5.74, 6) is 1.13. The third-order valence-electron chi connectivity index (χ3n) is 12.4. The summed E-state index contributed by atoms with van der Waals surface area (Å²) >= 11 is 3.48. The molecule has 326 valence electrons. The number of amidine groups is 1. The zero-order chi connectivity index (χ0) is 43.8. The average molecular weight is 887 g/mol. The van der Waals surface area contributed by atoms with Gasteiger partial charge in [-0.25, -0.2) is 14.6 Å². The van der Waals surface area contributed by atoms with Gasteiger partial charge in [-0.15, -0.1) is 22.7 Å². The van der Waals surface area contributed by atoms with Gasteiger partial charge in [0.1, 0.15) is 23.7 Å². The molecule has 3 unspecified atom stereocenters. The molecule has 3 aliphatic heterocycles. The summed E-state index contributed by atoms with van der Waals surface area (Å²) in [6.45, 7) is 5.58. The first kappa shape index (κ1) is 42.1. The maximum absolute atomic E-state index is 14.0. The summed E-state index contributed by atoms with van der Waals surface area (Å²) in [6, 6.07) is 22.1. The standard InChI is InChI=1S/C47H50N8O6S2/c1-26(2)38(52-46(58)60-3)44(56)55-21-9-13-37(55)43-49-33-19-18-30(22-34(33)50-43)27-14-16-28(17-15-27)31-24-62-41-32(25-63-40(31)41)35-23-48-42(51-35)36-12-8-20-54(36)45(57)39(53-47(59)61-4)29-10-6-5-7-11-29/h5-7,10-11,14-19,22,24-26,35-39H,8-9,12-13,20-21,23H2,1-4H3,(H,48,51)(H,49,50)(H,52,58)(H,53,59)/t35?,36?,37?,38-,39-/m1/s1. The number of aliphatic imine (C=N–C) groups is 1. The van der Waals surface area contributed by atoms with Crippen LogP contribution in [0.4, 0.5) is 9.59 Å². The van der Waals surface area contributed by atoms with Crippen LogP contribution in [0.1, 0.15) is 74.6 Å². The summed E-state index contributed by atoms with van der Waals surface area (Å²) in [6.07, 6.45) is 1.99. The number of fused-ring (bicyclic) bond motifs is 2. The number of benzene rings is 3. The molecular weight excluding hydrogens is 837 g/mol. The van der Waals surface area contributed by atoms with Gasteiger partial charge in [-0.05, 0) is 71.4 Å². The first-order valence-corrected chi connectivity index (χ1v) is 23.1. The van der Waals surface area contributed by atoms with Gasteiger partial charge in [0.05, 0.1) is 59.3 Å². The van der Waals surface area contributed by atoms with E-state index in [-0.39, 0.29) is 35.9 Å². The van der Waals surface area contributed by atoms with Gasteiger partial charge in [-0.2, -0.15) is 0 Å². The van der Waals surface area contributed by atoms with Crippen molar-refractivity contribution < 1.29 is 28.7 Å². The molecule has 9 rings (SSSR count). The molecule has 16 heteroatoms. The number of thiophene rings is 2. The van der Waals surface area contributed by atoms with Crippen molar-refractivity contribution in [3.63, 3.8) is 0 Å². The second kappa shape index (κ2) is 17.8. The number of nitrogens with one attached hydrogen (secondary N) is 4. The lowest BCUT2D eigenvalue weighted by atomic mass is 10.0. The normalized spacial score (nSPS) is 19.6. The highest BCUT2D eigenvalue weighted by atomic mass is 32.1. The van der Waals surface area contributed by atoms with E-state index in [4.69, 9.17) is 19.5 Å². The van der Waals surface area contributed by atoms with Gasteiger partial charge in [0.25, 0.3) is 5.91 Å². The molecule has 3 aromatic heterocycles. The molecule has 63 heavy (non-hydrogen) atoms. The number of carbonyl (C=O) groups excluding carboxylic acids is 4. The van der Waals surface area contributed by atoms with E-state index in [2.05, 4.69) is 68.1 Å². The summed E-state index contributed by atoms with van der Waals surface area (Å²) in [5.41, 5.74) is 8.09. The van der Waals surface area contributed by atoms with E-state index in [0.717, 1.165) is 65.1 Å². The van der Waals surface area contributed by atoms with E-state index < -0.39 is 24.3 Å². The Kier molecular flexibility index (Phi) is 11.9. The number of ether oxygens (including phenoxy) is 2. The van der Waals surface area contributed by atoms with Crippen LogP contribution >= 0.6 is 22.7 Å². The molecule has 6 heterocycles. The number of likely N-dealkylation sites (tertiary alicyclic amines) is 2. The Bertz CT molecular complexity index is 2690. The number of carbonyl (C=O) groups is 4. The Morgan fingerprint density at radius 3 is 2.17 bits per heavy atom. The van der Waals surface area contributed by atoms with Crippen LogP contribution in [0.15, 0.2) is 88.5 Å². The Labute approximate surface area is 373 Å². The van der Waals surface area contributed by atoms with Crippen LogP contribution in [-0.4, -0.2) is 95.5 Å². The molecule has 14 nitrogen and oxygen atoms in total. The molecular formula is C47H50N8O6S2. The fourth-order valence-corrected chi connectivity index (χ4v) is 11.6. The number of aromatic amines is 1. The van der Waals surface area contributed by atoms with Crippen LogP contribution < -0.4 is 16.0 Å². The van der Waals surface area contributed by atoms with E-state index in [1.807, 2.05) is 60.0 Å². The second-order valence-corrected chi connectivity index (χ2v) is 18.3. The SMILES string of the molecule is COC(=O)N[C@@H](C(=O)N1CCCC1C1=NCC(c2csc3c(-c4ccc(-c5ccc6[nH]c(C7CCCN7C(=O)[C@H](NC(=O)OC)C(C)C)nc6c5)cc4)csc23)N1)c1ccccc1. The van der Waals surface area contributed by atoms with Crippen molar-refractivity contribution in [1.29, 1.82) is 0 Å².